The monoisotopic (exact) mass is 337 g/mol. The Labute approximate surface area is 133 Å². The van der Waals surface area contributed by atoms with E-state index in [1.54, 1.807) is 10.6 Å². The van der Waals surface area contributed by atoms with E-state index in [1.165, 1.54) is 23.5 Å². The van der Waals surface area contributed by atoms with E-state index in [0.717, 1.165) is 4.88 Å². The number of thiophene rings is 1. The molecule has 0 aliphatic rings. The van der Waals surface area contributed by atoms with Crippen molar-refractivity contribution in [1.82, 2.24) is 14.8 Å². The van der Waals surface area contributed by atoms with Gasteiger partial charge in [0.2, 0.25) is 0 Å². The second-order valence-electron chi connectivity index (χ2n) is 4.13. The van der Waals surface area contributed by atoms with Crippen LogP contribution in [0.25, 0.3) is 16.4 Å². The third kappa shape index (κ3) is 2.51. The fourth-order valence-electron chi connectivity index (χ4n) is 1.92. The first-order valence-electron chi connectivity index (χ1n) is 5.82. The number of aromatic carboxylic acids is 1. The summed E-state index contributed by atoms with van der Waals surface area (Å²) in [6, 6.07) is 8.55. The van der Waals surface area contributed by atoms with Gasteiger partial charge in [0.15, 0.2) is 10.6 Å². The van der Waals surface area contributed by atoms with Gasteiger partial charge in [0.05, 0.1) is 21.2 Å². The maximum Gasteiger partial charge on any atom is 0.337 e. The van der Waals surface area contributed by atoms with Crippen molar-refractivity contribution >= 4 is 41.1 Å². The molecule has 106 valence electrons. The standard InChI is InChI=1S/C13H8ClN3O2S2/c14-9-4-3-7(6-8(9)12(18)19)17-11(15-16-13(17)20)10-2-1-5-21-10/h1-6H,(H,16,20)(H,18,19). The lowest BCUT2D eigenvalue weighted by Crippen LogP contribution is -2.02. The molecule has 0 amide bonds. The number of carboxylic acids is 1. The van der Waals surface area contributed by atoms with Crippen molar-refractivity contribution < 1.29 is 9.90 Å². The summed E-state index contributed by atoms with van der Waals surface area (Å²) in [5.41, 5.74) is 0.619. The number of rotatable bonds is 3. The summed E-state index contributed by atoms with van der Waals surface area (Å²) in [7, 11) is 0. The predicted molar refractivity (Wildman–Crippen MR) is 84.0 cm³/mol. The van der Waals surface area contributed by atoms with E-state index < -0.39 is 5.97 Å². The quantitative estimate of drug-likeness (QED) is 0.708. The number of H-pyrrole nitrogens is 1. The molecule has 3 rings (SSSR count). The van der Waals surface area contributed by atoms with Crippen molar-refractivity contribution in [3.8, 4) is 16.4 Å². The Balaban J connectivity index is 2.22. The first-order valence-corrected chi connectivity index (χ1v) is 7.49. The van der Waals surface area contributed by atoms with Crippen LogP contribution < -0.4 is 0 Å². The maximum atomic E-state index is 11.2. The highest BCUT2D eigenvalue weighted by molar-refractivity contribution is 7.71. The molecule has 0 atom stereocenters. The van der Waals surface area contributed by atoms with Crippen LogP contribution in [-0.4, -0.2) is 25.8 Å². The summed E-state index contributed by atoms with van der Waals surface area (Å²) < 4.78 is 2.07. The number of hydrogen-bond acceptors (Lipinski definition) is 4. The first-order chi connectivity index (χ1) is 10.1. The normalized spacial score (nSPS) is 10.7. The number of aromatic nitrogens is 3. The Morgan fingerprint density at radius 2 is 2.24 bits per heavy atom. The second-order valence-corrected chi connectivity index (χ2v) is 5.88. The Morgan fingerprint density at radius 3 is 2.90 bits per heavy atom. The van der Waals surface area contributed by atoms with Gasteiger partial charge in [-0.2, -0.15) is 5.10 Å². The zero-order valence-corrected chi connectivity index (χ0v) is 12.8. The molecule has 2 N–H and O–H groups in total. The summed E-state index contributed by atoms with van der Waals surface area (Å²) in [6.07, 6.45) is 0. The molecule has 2 heterocycles. The van der Waals surface area contributed by atoms with Crippen molar-refractivity contribution in [2.24, 2.45) is 0 Å². The molecule has 1 aromatic carbocycles. The molecule has 0 aliphatic heterocycles. The van der Waals surface area contributed by atoms with Gasteiger partial charge < -0.3 is 5.11 Å². The molecule has 0 spiro atoms. The fraction of sp³-hybridized carbons (Fsp3) is 0. The summed E-state index contributed by atoms with van der Waals surface area (Å²) in [4.78, 5) is 12.1. The average Bonchev–Trinajstić information content (AvgIpc) is 3.08. The van der Waals surface area contributed by atoms with E-state index in [0.29, 0.717) is 16.3 Å². The lowest BCUT2D eigenvalue weighted by atomic mass is 10.2. The van der Waals surface area contributed by atoms with Crippen molar-refractivity contribution in [3.63, 3.8) is 0 Å². The zero-order valence-electron chi connectivity index (χ0n) is 10.4. The van der Waals surface area contributed by atoms with E-state index in [4.69, 9.17) is 28.9 Å². The number of nitrogens with one attached hydrogen (secondary N) is 1. The molecular weight excluding hydrogens is 330 g/mol. The highest BCUT2D eigenvalue weighted by Gasteiger charge is 2.15. The van der Waals surface area contributed by atoms with Gasteiger partial charge in [-0.15, -0.1) is 11.3 Å². The Hall–Kier alpha value is -1.96. The molecule has 0 unspecified atom stereocenters. The molecule has 2 aromatic heterocycles. The molecule has 0 saturated heterocycles. The van der Waals surface area contributed by atoms with Crippen LogP contribution >= 0.6 is 35.2 Å². The number of benzene rings is 1. The number of halogens is 1. The Kier molecular flexibility index (Phi) is 3.62. The van der Waals surface area contributed by atoms with Crippen LogP contribution in [0, 0.1) is 4.77 Å². The Bertz CT molecular complexity index is 868. The van der Waals surface area contributed by atoms with Crippen molar-refractivity contribution in [2.75, 3.05) is 0 Å². The van der Waals surface area contributed by atoms with Crippen LogP contribution in [0.3, 0.4) is 0 Å². The van der Waals surface area contributed by atoms with Gasteiger partial charge in [0.1, 0.15) is 0 Å². The van der Waals surface area contributed by atoms with E-state index in [9.17, 15) is 4.79 Å². The molecule has 0 bridgehead atoms. The molecular formula is C13H8ClN3O2S2. The van der Waals surface area contributed by atoms with E-state index in [1.807, 2.05) is 17.5 Å². The summed E-state index contributed by atoms with van der Waals surface area (Å²) in [5.74, 6) is -0.455. The third-order valence-electron chi connectivity index (χ3n) is 2.85. The highest BCUT2D eigenvalue weighted by atomic mass is 35.5. The van der Waals surface area contributed by atoms with E-state index in [2.05, 4.69) is 10.2 Å². The molecule has 8 heteroatoms. The minimum absolute atomic E-state index is 0.0226. The van der Waals surface area contributed by atoms with Crippen molar-refractivity contribution in [2.45, 2.75) is 0 Å². The lowest BCUT2D eigenvalue weighted by Gasteiger charge is -2.07. The molecule has 21 heavy (non-hydrogen) atoms. The maximum absolute atomic E-state index is 11.2. The van der Waals surface area contributed by atoms with E-state index >= 15 is 0 Å². The molecule has 3 aromatic rings. The second kappa shape index (κ2) is 5.44. The van der Waals surface area contributed by atoms with Crippen LogP contribution in [0.1, 0.15) is 10.4 Å². The van der Waals surface area contributed by atoms with Gasteiger partial charge >= 0.3 is 5.97 Å². The van der Waals surface area contributed by atoms with Crippen LogP contribution in [0.5, 0.6) is 0 Å². The molecule has 0 radical (unpaired) electrons. The number of carboxylic acid groups (broad SMARTS) is 1. The van der Waals surface area contributed by atoms with Crippen LogP contribution in [0.2, 0.25) is 5.02 Å². The zero-order chi connectivity index (χ0) is 15.0. The minimum Gasteiger partial charge on any atom is -0.478 e. The average molecular weight is 338 g/mol. The van der Waals surface area contributed by atoms with Gasteiger partial charge in [-0.1, -0.05) is 17.7 Å². The van der Waals surface area contributed by atoms with Gasteiger partial charge in [-0.25, -0.2) is 4.79 Å². The number of hydrogen-bond donors (Lipinski definition) is 2. The summed E-state index contributed by atoms with van der Waals surface area (Å²) in [6.45, 7) is 0. The minimum atomic E-state index is -1.09. The first kappa shape index (κ1) is 14.0. The predicted octanol–water partition coefficient (Wildman–Crippen LogP) is 4.01. The van der Waals surface area contributed by atoms with Crippen LogP contribution in [0.15, 0.2) is 35.7 Å². The number of carbonyl (C=O) groups is 1. The lowest BCUT2D eigenvalue weighted by molar-refractivity contribution is 0.0697. The SMILES string of the molecule is O=C(O)c1cc(-n2c(-c3cccs3)n[nH]c2=S)ccc1Cl. The largest absolute Gasteiger partial charge is 0.478 e. The Morgan fingerprint density at radius 1 is 1.43 bits per heavy atom. The van der Waals surface area contributed by atoms with E-state index in [-0.39, 0.29) is 10.6 Å². The van der Waals surface area contributed by atoms with Crippen molar-refractivity contribution in [3.05, 3.63) is 51.1 Å². The molecule has 0 fully saturated rings. The van der Waals surface area contributed by atoms with Crippen LogP contribution in [-0.2, 0) is 0 Å². The molecule has 0 saturated carbocycles. The summed E-state index contributed by atoms with van der Waals surface area (Å²) >= 11 is 12.7. The fourth-order valence-corrected chi connectivity index (χ4v) is 3.06. The third-order valence-corrected chi connectivity index (χ3v) is 4.32. The molecule has 5 nitrogen and oxygen atoms in total. The topological polar surface area (TPSA) is 70.9 Å². The molecule has 0 aliphatic carbocycles. The van der Waals surface area contributed by atoms with Gasteiger partial charge in [0.25, 0.3) is 0 Å². The summed E-state index contributed by atoms with van der Waals surface area (Å²) in [5, 5.41) is 18.2. The smallest absolute Gasteiger partial charge is 0.337 e. The van der Waals surface area contributed by atoms with Gasteiger partial charge in [-0.05, 0) is 41.9 Å². The van der Waals surface area contributed by atoms with Gasteiger partial charge in [0, 0.05) is 0 Å². The van der Waals surface area contributed by atoms with Crippen LogP contribution in [0.4, 0.5) is 0 Å². The number of aromatic amines is 1. The van der Waals surface area contributed by atoms with Gasteiger partial charge in [-0.3, -0.25) is 9.67 Å². The highest BCUT2D eigenvalue weighted by Crippen LogP contribution is 2.27. The number of nitrogens with zero attached hydrogens (tertiary/aromatic N) is 2. The van der Waals surface area contributed by atoms with Crippen molar-refractivity contribution in [1.29, 1.82) is 0 Å².